The minimum atomic E-state index is 0.0441. The number of ketones is 1. The normalized spacial score (nSPS) is 11.3. The van der Waals surface area contributed by atoms with Crippen molar-refractivity contribution in [3.8, 4) is 0 Å². The highest BCUT2D eigenvalue weighted by Crippen LogP contribution is 2.18. The third-order valence-corrected chi connectivity index (χ3v) is 4.99. The van der Waals surface area contributed by atoms with E-state index in [4.69, 9.17) is 0 Å². The first-order chi connectivity index (χ1) is 14.0. The van der Waals surface area contributed by atoms with Gasteiger partial charge >= 0.3 is 0 Å². The summed E-state index contributed by atoms with van der Waals surface area (Å²) in [6.07, 6.45) is 8.34. The van der Waals surface area contributed by atoms with E-state index < -0.39 is 0 Å². The lowest BCUT2D eigenvalue weighted by molar-refractivity contribution is 0.104. The van der Waals surface area contributed by atoms with Crippen molar-refractivity contribution in [1.82, 2.24) is 4.90 Å². The molecule has 2 rings (SSSR count). The fourth-order valence-electron chi connectivity index (χ4n) is 3.27. The molecule has 0 aliphatic heterocycles. The molecule has 0 aliphatic carbocycles. The van der Waals surface area contributed by atoms with Crippen molar-refractivity contribution in [2.24, 2.45) is 0 Å². The fourth-order valence-corrected chi connectivity index (χ4v) is 3.27. The molecule has 0 saturated heterocycles. The van der Waals surface area contributed by atoms with E-state index in [1.54, 1.807) is 6.08 Å². The van der Waals surface area contributed by atoms with Crippen LogP contribution in [-0.2, 0) is 6.54 Å². The molecule has 156 valence electrons. The summed E-state index contributed by atoms with van der Waals surface area (Å²) in [5.74, 6) is 0.0441. The van der Waals surface area contributed by atoms with Crippen LogP contribution in [0.3, 0.4) is 0 Å². The first-order valence-corrected chi connectivity index (χ1v) is 10.8. The van der Waals surface area contributed by atoms with Crippen molar-refractivity contribution in [1.29, 1.82) is 0 Å². The number of unbranched alkanes of at least 4 members (excludes halogenated alkanes) is 2. The summed E-state index contributed by atoms with van der Waals surface area (Å²) in [5, 5.41) is 0. The molecular weight excluding hydrogens is 356 g/mol. The predicted molar refractivity (Wildman–Crippen MR) is 126 cm³/mol. The Kier molecular flexibility index (Phi) is 9.66. The van der Waals surface area contributed by atoms with Crippen molar-refractivity contribution < 1.29 is 4.79 Å². The summed E-state index contributed by atoms with van der Waals surface area (Å²) in [6, 6.07) is 16.4. The summed E-state index contributed by atoms with van der Waals surface area (Å²) in [5.41, 5.74) is 4.26. The van der Waals surface area contributed by atoms with Gasteiger partial charge in [-0.2, -0.15) is 0 Å². The SMILES string of the molecule is CCCCN(CCCC)c1ccc(C(=O)C=Cc2ccc(CN(C)C)cc2)cc1. The van der Waals surface area contributed by atoms with Gasteiger partial charge in [-0.3, -0.25) is 4.79 Å². The van der Waals surface area contributed by atoms with E-state index in [9.17, 15) is 4.79 Å². The molecule has 29 heavy (non-hydrogen) atoms. The zero-order valence-corrected chi connectivity index (χ0v) is 18.5. The molecule has 0 bridgehead atoms. The highest BCUT2D eigenvalue weighted by atomic mass is 16.1. The number of rotatable bonds is 12. The number of carbonyl (C=O) groups excluding carboxylic acids is 1. The number of hydrogen-bond donors (Lipinski definition) is 0. The predicted octanol–water partition coefficient (Wildman–Crippen LogP) is 6.05. The molecule has 3 nitrogen and oxygen atoms in total. The standard InChI is InChI=1S/C26H36N2O/c1-5-7-19-28(20-8-6-2)25-16-14-24(15-17-25)26(29)18-13-22-9-11-23(12-10-22)21-27(3)4/h9-18H,5-8,19-21H2,1-4H3. The molecule has 0 N–H and O–H groups in total. The van der Waals surface area contributed by atoms with Gasteiger partial charge in [0.05, 0.1) is 0 Å². The minimum Gasteiger partial charge on any atom is -0.372 e. The van der Waals surface area contributed by atoms with Gasteiger partial charge in [0, 0.05) is 30.9 Å². The molecule has 0 radical (unpaired) electrons. The maximum Gasteiger partial charge on any atom is 0.185 e. The van der Waals surface area contributed by atoms with Crippen LogP contribution < -0.4 is 4.90 Å². The average Bonchev–Trinajstić information content (AvgIpc) is 2.73. The number of anilines is 1. The maximum absolute atomic E-state index is 12.5. The first kappa shape index (κ1) is 22.9. The van der Waals surface area contributed by atoms with Crippen molar-refractivity contribution in [3.63, 3.8) is 0 Å². The molecule has 2 aromatic rings. The second kappa shape index (κ2) is 12.2. The molecule has 0 aromatic heterocycles. The summed E-state index contributed by atoms with van der Waals surface area (Å²) < 4.78 is 0. The van der Waals surface area contributed by atoms with Gasteiger partial charge in [0.15, 0.2) is 5.78 Å². The molecule has 3 heteroatoms. The third kappa shape index (κ3) is 7.86. The third-order valence-electron chi connectivity index (χ3n) is 4.99. The average molecular weight is 393 g/mol. The lowest BCUT2D eigenvalue weighted by Gasteiger charge is -2.24. The summed E-state index contributed by atoms with van der Waals surface area (Å²) in [6.45, 7) is 7.52. The minimum absolute atomic E-state index is 0.0441. The van der Waals surface area contributed by atoms with E-state index >= 15 is 0 Å². The van der Waals surface area contributed by atoms with E-state index in [-0.39, 0.29) is 5.78 Å². The van der Waals surface area contributed by atoms with Crippen LogP contribution in [0.1, 0.15) is 61.0 Å². The Bertz CT molecular complexity index is 752. The van der Waals surface area contributed by atoms with Crippen LogP contribution in [0.25, 0.3) is 6.08 Å². The molecule has 0 saturated carbocycles. The second-order valence-corrected chi connectivity index (χ2v) is 7.92. The van der Waals surface area contributed by atoms with Gasteiger partial charge in [0.1, 0.15) is 0 Å². The summed E-state index contributed by atoms with van der Waals surface area (Å²) in [4.78, 5) is 17.1. The Balaban J connectivity index is 2.00. The Morgan fingerprint density at radius 3 is 1.97 bits per heavy atom. The summed E-state index contributed by atoms with van der Waals surface area (Å²) in [7, 11) is 4.12. The van der Waals surface area contributed by atoms with E-state index in [1.165, 1.54) is 36.9 Å². The quantitative estimate of drug-likeness (QED) is 0.324. The van der Waals surface area contributed by atoms with E-state index in [2.05, 4.69) is 74.1 Å². The van der Waals surface area contributed by atoms with Crippen LogP contribution in [0.4, 0.5) is 5.69 Å². The second-order valence-electron chi connectivity index (χ2n) is 7.92. The van der Waals surface area contributed by atoms with Crippen LogP contribution in [-0.4, -0.2) is 37.9 Å². The number of benzene rings is 2. The summed E-state index contributed by atoms with van der Waals surface area (Å²) >= 11 is 0. The van der Waals surface area contributed by atoms with Gasteiger partial charge in [-0.25, -0.2) is 0 Å². The van der Waals surface area contributed by atoms with Crippen LogP contribution in [0.15, 0.2) is 54.6 Å². The van der Waals surface area contributed by atoms with Crippen LogP contribution >= 0.6 is 0 Å². The Hall–Kier alpha value is -2.39. The molecule has 0 amide bonds. The van der Waals surface area contributed by atoms with Crippen molar-refractivity contribution in [3.05, 3.63) is 71.3 Å². The van der Waals surface area contributed by atoms with Crippen molar-refractivity contribution in [2.75, 3.05) is 32.1 Å². The molecule has 0 spiro atoms. The van der Waals surface area contributed by atoms with Crippen molar-refractivity contribution >= 4 is 17.5 Å². The lowest BCUT2D eigenvalue weighted by Crippen LogP contribution is -2.25. The van der Waals surface area contributed by atoms with Gasteiger partial charge in [-0.15, -0.1) is 0 Å². The van der Waals surface area contributed by atoms with E-state index in [0.29, 0.717) is 0 Å². The highest BCUT2D eigenvalue weighted by molar-refractivity contribution is 6.06. The largest absolute Gasteiger partial charge is 0.372 e. The van der Waals surface area contributed by atoms with Crippen LogP contribution in [0.5, 0.6) is 0 Å². The van der Waals surface area contributed by atoms with E-state index in [1.807, 2.05) is 18.2 Å². The van der Waals surface area contributed by atoms with Gasteiger partial charge in [-0.05, 0) is 68.4 Å². The monoisotopic (exact) mass is 392 g/mol. The number of carbonyl (C=O) groups is 1. The molecule has 0 fully saturated rings. The maximum atomic E-state index is 12.5. The number of nitrogens with zero attached hydrogens (tertiary/aromatic N) is 2. The van der Waals surface area contributed by atoms with Gasteiger partial charge in [-0.1, -0.05) is 57.0 Å². The zero-order valence-electron chi connectivity index (χ0n) is 18.5. The molecule has 0 atom stereocenters. The van der Waals surface area contributed by atoms with Gasteiger partial charge in [0.25, 0.3) is 0 Å². The topological polar surface area (TPSA) is 23.6 Å². The molecule has 0 unspecified atom stereocenters. The van der Waals surface area contributed by atoms with Crippen LogP contribution in [0.2, 0.25) is 0 Å². The highest BCUT2D eigenvalue weighted by Gasteiger charge is 2.07. The molecule has 0 heterocycles. The Labute approximate surface area is 177 Å². The van der Waals surface area contributed by atoms with Crippen LogP contribution in [0, 0.1) is 0 Å². The smallest absolute Gasteiger partial charge is 0.185 e. The number of hydrogen-bond acceptors (Lipinski definition) is 3. The van der Waals surface area contributed by atoms with E-state index in [0.717, 1.165) is 30.8 Å². The lowest BCUT2D eigenvalue weighted by atomic mass is 10.1. The molecule has 0 aliphatic rings. The number of allylic oxidation sites excluding steroid dienone is 1. The van der Waals surface area contributed by atoms with Crippen molar-refractivity contribution in [2.45, 2.75) is 46.1 Å². The van der Waals surface area contributed by atoms with Gasteiger partial charge < -0.3 is 9.80 Å². The zero-order chi connectivity index (χ0) is 21.1. The Morgan fingerprint density at radius 2 is 1.45 bits per heavy atom. The fraction of sp³-hybridized carbons (Fsp3) is 0.423. The molecular formula is C26H36N2O. The molecule has 2 aromatic carbocycles. The van der Waals surface area contributed by atoms with Gasteiger partial charge in [0.2, 0.25) is 0 Å². The Morgan fingerprint density at radius 1 is 0.862 bits per heavy atom. The first-order valence-electron chi connectivity index (χ1n) is 10.8.